The highest BCUT2D eigenvalue weighted by Gasteiger charge is 2.18. The normalized spacial score (nSPS) is 11.5. The van der Waals surface area contributed by atoms with Gasteiger partial charge in [-0.2, -0.15) is 0 Å². The Kier molecular flexibility index (Phi) is 7.78. The van der Waals surface area contributed by atoms with Crippen molar-refractivity contribution < 1.29 is 8.83 Å². The zero-order chi connectivity index (χ0) is 37.7. The van der Waals surface area contributed by atoms with Crippen LogP contribution < -0.4 is 4.90 Å². The molecule has 2 heterocycles. The van der Waals surface area contributed by atoms with Crippen LogP contribution in [-0.2, 0) is 0 Å². The minimum Gasteiger partial charge on any atom is -0.456 e. The smallest absolute Gasteiger partial charge is 0.227 e. The number of furan rings is 1. The van der Waals surface area contributed by atoms with Crippen molar-refractivity contribution in [3.8, 4) is 44.8 Å². The summed E-state index contributed by atoms with van der Waals surface area (Å²) in [6, 6.07) is 72.6. The lowest BCUT2D eigenvalue weighted by Gasteiger charge is -2.27. The van der Waals surface area contributed by atoms with Gasteiger partial charge in [-0.3, -0.25) is 0 Å². The minimum atomic E-state index is 0.601. The lowest BCUT2D eigenvalue weighted by Crippen LogP contribution is -2.10. The molecular weight excluding hydrogens is 697 g/mol. The first kappa shape index (κ1) is 32.7. The van der Waals surface area contributed by atoms with Crippen LogP contribution in [0.5, 0.6) is 0 Å². The van der Waals surface area contributed by atoms with Crippen LogP contribution in [0.1, 0.15) is 0 Å². The molecule has 2 aromatic heterocycles. The van der Waals surface area contributed by atoms with Crippen molar-refractivity contribution in [2.24, 2.45) is 0 Å². The van der Waals surface area contributed by atoms with Gasteiger partial charge in [-0.25, -0.2) is 4.98 Å². The third-order valence-electron chi connectivity index (χ3n) is 10.9. The Labute approximate surface area is 329 Å². The molecule has 4 nitrogen and oxygen atoms in total. The van der Waals surface area contributed by atoms with Gasteiger partial charge in [-0.1, -0.05) is 133 Å². The number of oxazole rings is 1. The Morgan fingerprint density at radius 2 is 0.895 bits per heavy atom. The van der Waals surface area contributed by atoms with Gasteiger partial charge in [-0.15, -0.1) is 0 Å². The van der Waals surface area contributed by atoms with E-state index in [4.69, 9.17) is 13.8 Å². The molecule has 0 unspecified atom stereocenters. The first-order chi connectivity index (χ1) is 28.2. The molecule has 0 aliphatic rings. The summed E-state index contributed by atoms with van der Waals surface area (Å²) in [6.07, 6.45) is 0. The van der Waals surface area contributed by atoms with Crippen LogP contribution in [0.25, 0.3) is 88.6 Å². The number of fused-ring (bicyclic) bond motifs is 5. The van der Waals surface area contributed by atoms with Crippen LogP contribution in [0.15, 0.2) is 215 Å². The zero-order valence-corrected chi connectivity index (χ0v) is 30.8. The van der Waals surface area contributed by atoms with E-state index >= 15 is 0 Å². The van der Waals surface area contributed by atoms with Crippen molar-refractivity contribution in [2.75, 3.05) is 4.90 Å². The molecule has 11 rings (SSSR count). The number of rotatable bonds is 7. The van der Waals surface area contributed by atoms with Gasteiger partial charge in [0.1, 0.15) is 16.7 Å². The van der Waals surface area contributed by atoms with E-state index in [1.165, 1.54) is 33.0 Å². The van der Waals surface area contributed by atoms with E-state index in [1.807, 2.05) is 36.4 Å². The summed E-state index contributed by atoms with van der Waals surface area (Å²) in [4.78, 5) is 7.11. The second-order valence-corrected chi connectivity index (χ2v) is 14.4. The van der Waals surface area contributed by atoms with Crippen molar-refractivity contribution in [3.05, 3.63) is 206 Å². The second kappa shape index (κ2) is 13.6. The van der Waals surface area contributed by atoms with Gasteiger partial charge >= 0.3 is 0 Å². The molecule has 0 fully saturated rings. The number of nitrogens with zero attached hydrogens (tertiary/aromatic N) is 2. The average molecular weight is 731 g/mol. The highest BCUT2D eigenvalue weighted by Crippen LogP contribution is 2.42. The monoisotopic (exact) mass is 730 g/mol. The zero-order valence-electron chi connectivity index (χ0n) is 30.8. The van der Waals surface area contributed by atoms with E-state index in [1.54, 1.807) is 0 Å². The molecular formula is C53H34N2O2. The number of aromatic nitrogens is 1. The van der Waals surface area contributed by atoms with Crippen LogP contribution in [0.4, 0.5) is 17.1 Å². The summed E-state index contributed by atoms with van der Waals surface area (Å²) in [6.45, 7) is 0. The quantitative estimate of drug-likeness (QED) is 0.164. The fraction of sp³-hybridized carbons (Fsp3) is 0. The molecule has 268 valence electrons. The average Bonchev–Trinajstić information content (AvgIpc) is 3.87. The molecule has 0 bridgehead atoms. The molecule has 11 aromatic rings. The predicted octanol–water partition coefficient (Wildman–Crippen LogP) is 15.0. The summed E-state index contributed by atoms with van der Waals surface area (Å²) < 4.78 is 12.6. The molecule has 57 heavy (non-hydrogen) atoms. The number of hydrogen-bond donors (Lipinski definition) is 0. The van der Waals surface area contributed by atoms with E-state index in [9.17, 15) is 0 Å². The Balaban J connectivity index is 1.00. The van der Waals surface area contributed by atoms with Gasteiger partial charge in [0.25, 0.3) is 0 Å². The van der Waals surface area contributed by atoms with Gasteiger partial charge in [0.05, 0.1) is 0 Å². The molecule has 0 N–H and O–H groups in total. The van der Waals surface area contributed by atoms with E-state index in [2.05, 4.69) is 175 Å². The maximum absolute atomic E-state index is 6.34. The second-order valence-electron chi connectivity index (χ2n) is 14.4. The Bertz CT molecular complexity index is 3200. The molecule has 0 saturated carbocycles. The topological polar surface area (TPSA) is 42.4 Å². The first-order valence-corrected chi connectivity index (χ1v) is 19.2. The molecule has 9 aromatic carbocycles. The van der Waals surface area contributed by atoms with Crippen molar-refractivity contribution >= 4 is 60.9 Å². The van der Waals surface area contributed by atoms with Gasteiger partial charge in [0.15, 0.2) is 5.58 Å². The van der Waals surface area contributed by atoms with E-state index in [-0.39, 0.29) is 0 Å². The van der Waals surface area contributed by atoms with Gasteiger partial charge in [0, 0.05) is 39.5 Å². The van der Waals surface area contributed by atoms with E-state index in [0.717, 1.165) is 66.8 Å². The SMILES string of the molecule is c1ccc(-c2ccc(N(c3ccc(-c4ccc5oc6cc7nc(-c8ccccc8)oc7cc6c5c4)cc3)c3cc(-c4ccccc4)c4ccccc4c3)cc2)cc1. The maximum atomic E-state index is 6.34. The summed E-state index contributed by atoms with van der Waals surface area (Å²) in [5, 5.41) is 4.46. The molecule has 0 radical (unpaired) electrons. The molecule has 0 saturated heterocycles. The van der Waals surface area contributed by atoms with E-state index in [0.29, 0.717) is 5.89 Å². The van der Waals surface area contributed by atoms with Crippen molar-refractivity contribution in [1.29, 1.82) is 0 Å². The van der Waals surface area contributed by atoms with Crippen molar-refractivity contribution in [2.45, 2.75) is 0 Å². The molecule has 0 aliphatic carbocycles. The molecule has 0 spiro atoms. The number of hydrogen-bond acceptors (Lipinski definition) is 4. The van der Waals surface area contributed by atoms with Crippen LogP contribution in [0, 0.1) is 0 Å². The summed E-state index contributed by atoms with van der Waals surface area (Å²) in [5.74, 6) is 0.601. The first-order valence-electron chi connectivity index (χ1n) is 19.2. The highest BCUT2D eigenvalue weighted by molar-refractivity contribution is 6.10. The number of anilines is 3. The third kappa shape index (κ3) is 5.92. The lowest BCUT2D eigenvalue weighted by molar-refractivity contribution is 0.620. The minimum absolute atomic E-state index is 0.601. The van der Waals surface area contributed by atoms with Crippen LogP contribution >= 0.6 is 0 Å². The summed E-state index contributed by atoms with van der Waals surface area (Å²) >= 11 is 0. The number of benzene rings is 9. The van der Waals surface area contributed by atoms with E-state index < -0.39 is 0 Å². The Morgan fingerprint density at radius 3 is 1.60 bits per heavy atom. The third-order valence-corrected chi connectivity index (χ3v) is 10.9. The standard InChI is InChI=1S/C53H34N2O2/c1-4-12-35(13-5-1)36-20-25-42(26-21-36)55(44-30-41-18-10-11-19-45(41)46(32-44)38-14-6-2-7-15-38)43-27-22-37(23-28-43)40-24-29-50-47(31-40)48-33-52-49(34-51(48)56-50)54-53(57-52)39-16-8-3-9-17-39/h1-34H. The summed E-state index contributed by atoms with van der Waals surface area (Å²) in [5.41, 5.74) is 14.3. The molecule has 4 heteroatoms. The fourth-order valence-corrected chi connectivity index (χ4v) is 8.05. The van der Waals surface area contributed by atoms with Crippen molar-refractivity contribution in [3.63, 3.8) is 0 Å². The summed E-state index contributed by atoms with van der Waals surface area (Å²) in [7, 11) is 0. The Morgan fingerprint density at radius 1 is 0.333 bits per heavy atom. The fourth-order valence-electron chi connectivity index (χ4n) is 8.05. The Hall–Kier alpha value is -7.69. The molecule has 0 aliphatic heterocycles. The van der Waals surface area contributed by atoms with Gasteiger partial charge in [-0.05, 0) is 111 Å². The van der Waals surface area contributed by atoms with Gasteiger partial charge in [0.2, 0.25) is 5.89 Å². The highest BCUT2D eigenvalue weighted by atomic mass is 16.4. The van der Waals surface area contributed by atoms with Crippen LogP contribution in [-0.4, -0.2) is 4.98 Å². The van der Waals surface area contributed by atoms with Crippen LogP contribution in [0.2, 0.25) is 0 Å². The van der Waals surface area contributed by atoms with Gasteiger partial charge < -0.3 is 13.7 Å². The lowest BCUT2D eigenvalue weighted by atomic mass is 9.96. The van der Waals surface area contributed by atoms with Crippen LogP contribution in [0.3, 0.4) is 0 Å². The molecule has 0 atom stereocenters. The maximum Gasteiger partial charge on any atom is 0.227 e. The molecule has 0 amide bonds. The largest absolute Gasteiger partial charge is 0.456 e. The van der Waals surface area contributed by atoms with Crippen molar-refractivity contribution in [1.82, 2.24) is 4.98 Å². The predicted molar refractivity (Wildman–Crippen MR) is 235 cm³/mol.